The minimum atomic E-state index is 0.285. The number of anilines is 1. The molecule has 0 aliphatic heterocycles. The number of hydrogen-bond donors (Lipinski definition) is 1. The number of hydrogen-bond acceptors (Lipinski definition) is 3. The number of pyridine rings is 1. The number of rotatable bonds is 3. The highest BCUT2D eigenvalue weighted by molar-refractivity contribution is 5.63. The molecule has 2 aromatic rings. The minimum absolute atomic E-state index is 0.285. The number of nitrogens with two attached hydrogens (primary N) is 1. The van der Waals surface area contributed by atoms with E-state index in [1.54, 1.807) is 6.07 Å². The van der Waals surface area contributed by atoms with Crippen LogP contribution >= 0.6 is 0 Å². The van der Waals surface area contributed by atoms with Crippen molar-refractivity contribution in [2.75, 3.05) is 5.73 Å². The van der Waals surface area contributed by atoms with Crippen LogP contribution in [0.15, 0.2) is 36.4 Å². The predicted octanol–water partition coefficient (Wildman–Crippen LogP) is 3.15. The molecule has 0 unspecified atom stereocenters. The topological polar surface area (TPSA) is 62.7 Å². The molecule has 0 spiro atoms. The zero-order valence-corrected chi connectivity index (χ0v) is 10.4. The van der Waals surface area contributed by atoms with Crippen molar-refractivity contribution in [2.24, 2.45) is 0 Å². The number of nitrogens with zero attached hydrogens (tertiary/aromatic N) is 2. The lowest BCUT2D eigenvalue weighted by Crippen LogP contribution is -1.96. The van der Waals surface area contributed by atoms with Gasteiger partial charge in [-0.2, -0.15) is 5.26 Å². The molecule has 2 rings (SSSR count). The van der Waals surface area contributed by atoms with Crippen LogP contribution < -0.4 is 5.73 Å². The Hall–Kier alpha value is -2.34. The maximum Gasteiger partial charge on any atom is 0.142 e. The Labute approximate surface area is 107 Å². The quantitative estimate of drug-likeness (QED) is 0.891. The van der Waals surface area contributed by atoms with E-state index in [1.807, 2.05) is 24.3 Å². The minimum Gasteiger partial charge on any atom is -0.383 e. The molecule has 0 saturated heterocycles. The van der Waals surface area contributed by atoms with E-state index >= 15 is 0 Å². The Morgan fingerprint density at radius 3 is 2.44 bits per heavy atom. The fraction of sp³-hybridized carbons (Fsp3) is 0.200. The van der Waals surface area contributed by atoms with Crippen LogP contribution in [-0.4, -0.2) is 4.98 Å². The number of aromatic nitrogens is 1. The predicted molar refractivity (Wildman–Crippen MR) is 72.8 cm³/mol. The summed E-state index contributed by atoms with van der Waals surface area (Å²) in [6.07, 6.45) is 2.23. The van der Waals surface area contributed by atoms with E-state index in [0.29, 0.717) is 5.56 Å². The Morgan fingerprint density at radius 1 is 1.17 bits per heavy atom. The highest BCUT2D eigenvalue weighted by atomic mass is 14.8. The van der Waals surface area contributed by atoms with Gasteiger partial charge in [-0.15, -0.1) is 0 Å². The maximum atomic E-state index is 8.81. The molecular weight excluding hydrogens is 222 g/mol. The first-order chi connectivity index (χ1) is 8.74. The van der Waals surface area contributed by atoms with Crippen molar-refractivity contribution in [3.8, 4) is 17.3 Å². The van der Waals surface area contributed by atoms with E-state index in [9.17, 15) is 0 Å². The molecular formula is C15H15N3. The lowest BCUT2D eigenvalue weighted by atomic mass is 10.1. The van der Waals surface area contributed by atoms with E-state index in [1.165, 1.54) is 5.56 Å². The van der Waals surface area contributed by atoms with E-state index in [4.69, 9.17) is 11.0 Å². The van der Waals surface area contributed by atoms with Crippen molar-refractivity contribution in [1.29, 1.82) is 5.26 Å². The molecule has 0 amide bonds. The summed E-state index contributed by atoms with van der Waals surface area (Å²) in [6, 6.07) is 13.8. The van der Waals surface area contributed by atoms with E-state index in [0.717, 1.165) is 24.1 Å². The fourth-order valence-electron chi connectivity index (χ4n) is 1.86. The molecule has 0 fully saturated rings. The first-order valence-corrected chi connectivity index (χ1v) is 6.00. The fourth-order valence-corrected chi connectivity index (χ4v) is 1.86. The molecule has 0 bridgehead atoms. The van der Waals surface area contributed by atoms with Crippen molar-refractivity contribution in [3.63, 3.8) is 0 Å². The monoisotopic (exact) mass is 237 g/mol. The Morgan fingerprint density at radius 2 is 1.89 bits per heavy atom. The lowest BCUT2D eigenvalue weighted by Gasteiger charge is -2.04. The molecule has 0 aliphatic rings. The summed E-state index contributed by atoms with van der Waals surface area (Å²) in [5.41, 5.74) is 9.27. The number of aryl methyl sites for hydroxylation is 1. The Balaban J connectivity index is 2.31. The van der Waals surface area contributed by atoms with Crippen LogP contribution in [0.2, 0.25) is 0 Å². The Kier molecular flexibility index (Phi) is 3.59. The largest absolute Gasteiger partial charge is 0.383 e. The number of nitriles is 1. The van der Waals surface area contributed by atoms with Crippen LogP contribution in [0.4, 0.5) is 5.82 Å². The van der Waals surface area contributed by atoms with Crippen LogP contribution in [0.3, 0.4) is 0 Å². The summed E-state index contributed by atoms with van der Waals surface area (Å²) in [5.74, 6) is 0.285. The standard InChI is InChI=1S/C15H15N3/c1-2-3-11-4-6-12(7-5-11)14-9-8-13(10-16)15(17)18-14/h4-9H,2-3H2,1H3,(H2,17,18). The first kappa shape index (κ1) is 12.1. The van der Waals surface area contributed by atoms with Gasteiger partial charge in [0, 0.05) is 5.56 Å². The number of nitrogen functional groups attached to an aromatic ring is 1. The second-order valence-electron chi connectivity index (χ2n) is 4.19. The van der Waals surface area contributed by atoms with E-state index < -0.39 is 0 Å². The first-order valence-electron chi connectivity index (χ1n) is 6.00. The average molecular weight is 237 g/mol. The van der Waals surface area contributed by atoms with Crippen molar-refractivity contribution in [3.05, 3.63) is 47.5 Å². The molecule has 3 heteroatoms. The third kappa shape index (κ3) is 2.49. The summed E-state index contributed by atoms with van der Waals surface area (Å²) in [6.45, 7) is 2.16. The maximum absolute atomic E-state index is 8.81. The average Bonchev–Trinajstić information content (AvgIpc) is 2.40. The van der Waals surface area contributed by atoms with Crippen molar-refractivity contribution >= 4 is 5.82 Å². The molecule has 3 nitrogen and oxygen atoms in total. The zero-order chi connectivity index (χ0) is 13.0. The van der Waals surface area contributed by atoms with Crippen LogP contribution in [0.1, 0.15) is 24.5 Å². The van der Waals surface area contributed by atoms with E-state index in [-0.39, 0.29) is 5.82 Å². The highest BCUT2D eigenvalue weighted by Gasteiger charge is 2.04. The normalized spacial score (nSPS) is 10.0. The summed E-state index contributed by atoms with van der Waals surface area (Å²) in [5, 5.41) is 8.81. The highest BCUT2D eigenvalue weighted by Crippen LogP contribution is 2.20. The van der Waals surface area contributed by atoms with Gasteiger partial charge in [0.1, 0.15) is 11.9 Å². The van der Waals surface area contributed by atoms with Gasteiger partial charge >= 0.3 is 0 Å². The van der Waals surface area contributed by atoms with E-state index in [2.05, 4.69) is 24.0 Å². The van der Waals surface area contributed by atoms with Gasteiger partial charge in [-0.25, -0.2) is 4.98 Å². The smallest absolute Gasteiger partial charge is 0.142 e. The zero-order valence-electron chi connectivity index (χ0n) is 10.4. The summed E-state index contributed by atoms with van der Waals surface area (Å²) < 4.78 is 0. The van der Waals surface area contributed by atoms with Crippen LogP contribution in [0.25, 0.3) is 11.3 Å². The van der Waals surface area contributed by atoms with Gasteiger partial charge in [-0.1, -0.05) is 37.6 Å². The second-order valence-corrected chi connectivity index (χ2v) is 4.19. The van der Waals surface area contributed by atoms with Crippen molar-refractivity contribution in [2.45, 2.75) is 19.8 Å². The third-order valence-electron chi connectivity index (χ3n) is 2.83. The molecule has 1 aromatic heterocycles. The number of benzene rings is 1. The molecule has 0 aliphatic carbocycles. The molecule has 90 valence electrons. The molecule has 0 atom stereocenters. The third-order valence-corrected chi connectivity index (χ3v) is 2.83. The van der Waals surface area contributed by atoms with Crippen LogP contribution in [0.5, 0.6) is 0 Å². The second kappa shape index (κ2) is 5.33. The van der Waals surface area contributed by atoms with Gasteiger partial charge in [0.15, 0.2) is 0 Å². The SMILES string of the molecule is CCCc1ccc(-c2ccc(C#N)c(N)n2)cc1. The molecule has 1 heterocycles. The van der Waals surface area contributed by atoms with Gasteiger partial charge < -0.3 is 5.73 Å². The van der Waals surface area contributed by atoms with Crippen molar-refractivity contribution in [1.82, 2.24) is 4.98 Å². The van der Waals surface area contributed by atoms with Crippen LogP contribution in [-0.2, 0) is 6.42 Å². The Bertz CT molecular complexity index is 580. The molecule has 1 aromatic carbocycles. The van der Waals surface area contributed by atoms with Gasteiger partial charge in [0.05, 0.1) is 11.3 Å². The van der Waals surface area contributed by atoms with Gasteiger partial charge in [-0.3, -0.25) is 0 Å². The van der Waals surface area contributed by atoms with Crippen molar-refractivity contribution < 1.29 is 0 Å². The summed E-state index contributed by atoms with van der Waals surface area (Å²) in [7, 11) is 0. The van der Waals surface area contributed by atoms with Gasteiger partial charge in [-0.05, 0) is 24.1 Å². The molecule has 0 saturated carbocycles. The van der Waals surface area contributed by atoms with Gasteiger partial charge in [0.25, 0.3) is 0 Å². The summed E-state index contributed by atoms with van der Waals surface area (Å²) in [4.78, 5) is 4.25. The molecule has 0 radical (unpaired) electrons. The van der Waals surface area contributed by atoms with Gasteiger partial charge in [0.2, 0.25) is 0 Å². The molecule has 2 N–H and O–H groups in total. The molecule has 18 heavy (non-hydrogen) atoms. The summed E-state index contributed by atoms with van der Waals surface area (Å²) >= 11 is 0. The van der Waals surface area contributed by atoms with Crippen LogP contribution in [0, 0.1) is 11.3 Å². The lowest BCUT2D eigenvalue weighted by molar-refractivity contribution is 0.922.